The summed E-state index contributed by atoms with van der Waals surface area (Å²) in [7, 11) is 0. The molecule has 21 heavy (non-hydrogen) atoms. The molecule has 0 aliphatic heterocycles. The Kier molecular flexibility index (Phi) is 3.38. The molecule has 0 aliphatic carbocycles. The Morgan fingerprint density at radius 3 is 2.76 bits per heavy atom. The Hall–Kier alpha value is -3.09. The summed E-state index contributed by atoms with van der Waals surface area (Å²) in [6.45, 7) is 0.296. The summed E-state index contributed by atoms with van der Waals surface area (Å²) in [5.41, 5.74) is 8.13. The maximum Gasteiger partial charge on any atom is 0.272 e. The van der Waals surface area contributed by atoms with Crippen molar-refractivity contribution in [3.05, 3.63) is 60.2 Å². The second-order valence-corrected chi connectivity index (χ2v) is 4.41. The van der Waals surface area contributed by atoms with Gasteiger partial charge in [0.05, 0.1) is 12.2 Å². The normalized spacial score (nSPS) is 10.5. The van der Waals surface area contributed by atoms with Crippen molar-refractivity contribution in [1.82, 2.24) is 20.3 Å². The average Bonchev–Trinajstić information content (AvgIpc) is 3.17. The van der Waals surface area contributed by atoms with Crippen molar-refractivity contribution in [3.8, 4) is 5.69 Å². The molecule has 0 aliphatic rings. The number of nitrogens with zero attached hydrogens (tertiary/aromatic N) is 3. The number of benzene rings is 1. The number of nitrogen functional groups attached to an aromatic ring is 1. The van der Waals surface area contributed by atoms with Crippen molar-refractivity contribution in [2.24, 2.45) is 0 Å². The molecule has 0 saturated carbocycles. The van der Waals surface area contributed by atoms with Gasteiger partial charge in [0.1, 0.15) is 12.0 Å². The number of rotatable bonds is 4. The first-order valence-electron chi connectivity index (χ1n) is 6.31. The molecule has 0 unspecified atom stereocenters. The zero-order valence-electron chi connectivity index (χ0n) is 11.1. The van der Waals surface area contributed by atoms with Gasteiger partial charge in [-0.2, -0.15) is 5.10 Å². The van der Waals surface area contributed by atoms with Crippen LogP contribution in [0.15, 0.2) is 53.4 Å². The van der Waals surface area contributed by atoms with Crippen LogP contribution in [-0.4, -0.2) is 20.8 Å². The van der Waals surface area contributed by atoms with Crippen LogP contribution in [0.1, 0.15) is 16.2 Å². The van der Waals surface area contributed by atoms with Crippen LogP contribution in [0.25, 0.3) is 5.69 Å². The zero-order chi connectivity index (χ0) is 14.7. The van der Waals surface area contributed by atoms with E-state index in [2.05, 4.69) is 15.6 Å². The van der Waals surface area contributed by atoms with Crippen LogP contribution in [0.5, 0.6) is 0 Å². The van der Waals surface area contributed by atoms with E-state index < -0.39 is 0 Å². The van der Waals surface area contributed by atoms with Gasteiger partial charge in [-0.05, 0) is 30.3 Å². The standard InChI is InChI=1S/C14H13N5O2/c15-10-1-3-12(4-2-10)19-7-5-13(17-19)14(20)16-9-11-6-8-21-18-11/h1-8H,9,15H2,(H,16,20). The highest BCUT2D eigenvalue weighted by Gasteiger charge is 2.10. The Morgan fingerprint density at radius 2 is 2.05 bits per heavy atom. The van der Waals surface area contributed by atoms with E-state index in [0.717, 1.165) is 5.69 Å². The monoisotopic (exact) mass is 283 g/mol. The largest absolute Gasteiger partial charge is 0.399 e. The van der Waals surface area contributed by atoms with Gasteiger partial charge >= 0.3 is 0 Å². The molecule has 0 bridgehead atoms. The van der Waals surface area contributed by atoms with Gasteiger partial charge in [-0.1, -0.05) is 5.16 Å². The van der Waals surface area contributed by atoms with Gasteiger partial charge in [-0.25, -0.2) is 4.68 Å². The van der Waals surface area contributed by atoms with Crippen molar-refractivity contribution >= 4 is 11.6 Å². The minimum Gasteiger partial charge on any atom is -0.399 e. The fraction of sp³-hybridized carbons (Fsp3) is 0.0714. The molecule has 3 aromatic rings. The van der Waals surface area contributed by atoms with E-state index in [0.29, 0.717) is 23.6 Å². The summed E-state index contributed by atoms with van der Waals surface area (Å²) in [5, 5.41) is 10.7. The molecule has 7 heteroatoms. The van der Waals surface area contributed by atoms with Crippen LogP contribution in [-0.2, 0) is 6.54 Å². The Bertz CT molecular complexity index is 731. The minimum absolute atomic E-state index is 0.271. The Labute approximate surface area is 120 Å². The first-order chi connectivity index (χ1) is 10.2. The van der Waals surface area contributed by atoms with Crippen LogP contribution in [0.2, 0.25) is 0 Å². The smallest absolute Gasteiger partial charge is 0.272 e. The van der Waals surface area contributed by atoms with E-state index in [9.17, 15) is 4.79 Å². The Balaban J connectivity index is 1.69. The van der Waals surface area contributed by atoms with E-state index in [1.165, 1.54) is 6.26 Å². The van der Waals surface area contributed by atoms with Gasteiger partial charge in [0.2, 0.25) is 0 Å². The number of nitrogens with two attached hydrogens (primary N) is 1. The zero-order valence-corrected chi connectivity index (χ0v) is 11.1. The van der Waals surface area contributed by atoms with Gasteiger partial charge in [0.15, 0.2) is 5.69 Å². The lowest BCUT2D eigenvalue weighted by Crippen LogP contribution is -2.23. The molecule has 3 rings (SSSR count). The number of nitrogens with one attached hydrogen (secondary N) is 1. The maximum atomic E-state index is 12.0. The summed E-state index contributed by atoms with van der Waals surface area (Å²) in [5.74, 6) is -0.271. The second kappa shape index (κ2) is 5.49. The Morgan fingerprint density at radius 1 is 1.24 bits per heavy atom. The number of anilines is 1. The summed E-state index contributed by atoms with van der Waals surface area (Å²) in [6.07, 6.45) is 3.17. The van der Waals surface area contributed by atoms with Crippen molar-refractivity contribution in [2.75, 3.05) is 5.73 Å². The third kappa shape index (κ3) is 2.92. The highest BCUT2D eigenvalue weighted by atomic mass is 16.5. The van der Waals surface area contributed by atoms with Crippen LogP contribution in [0.4, 0.5) is 5.69 Å². The van der Waals surface area contributed by atoms with Gasteiger partial charge in [-0.3, -0.25) is 4.79 Å². The number of hydrogen-bond donors (Lipinski definition) is 2. The van der Waals surface area contributed by atoms with Crippen molar-refractivity contribution in [3.63, 3.8) is 0 Å². The van der Waals surface area contributed by atoms with E-state index in [1.807, 2.05) is 12.1 Å². The van der Waals surface area contributed by atoms with Crippen molar-refractivity contribution in [2.45, 2.75) is 6.54 Å². The van der Waals surface area contributed by atoms with Crippen molar-refractivity contribution < 1.29 is 9.32 Å². The molecule has 0 radical (unpaired) electrons. The molecule has 1 amide bonds. The average molecular weight is 283 g/mol. The van der Waals surface area contributed by atoms with Gasteiger partial charge in [0, 0.05) is 18.0 Å². The van der Waals surface area contributed by atoms with Crippen molar-refractivity contribution in [1.29, 1.82) is 0 Å². The van der Waals surface area contributed by atoms with Crippen LogP contribution >= 0.6 is 0 Å². The molecular formula is C14H13N5O2. The van der Waals surface area contributed by atoms with E-state index in [1.54, 1.807) is 35.1 Å². The van der Waals surface area contributed by atoms with E-state index >= 15 is 0 Å². The fourth-order valence-electron chi connectivity index (χ4n) is 1.81. The third-order valence-electron chi connectivity index (χ3n) is 2.90. The molecule has 0 saturated heterocycles. The summed E-state index contributed by atoms with van der Waals surface area (Å²) in [6, 6.07) is 10.6. The lowest BCUT2D eigenvalue weighted by Gasteiger charge is -2.02. The highest BCUT2D eigenvalue weighted by Crippen LogP contribution is 2.10. The second-order valence-electron chi connectivity index (χ2n) is 4.41. The number of hydrogen-bond acceptors (Lipinski definition) is 5. The summed E-state index contributed by atoms with van der Waals surface area (Å²) < 4.78 is 6.31. The molecular weight excluding hydrogens is 270 g/mol. The number of carbonyl (C=O) groups is 1. The molecule has 0 atom stereocenters. The van der Waals surface area contributed by atoms with Gasteiger partial charge in [-0.15, -0.1) is 0 Å². The minimum atomic E-state index is -0.271. The van der Waals surface area contributed by atoms with Gasteiger partial charge < -0.3 is 15.6 Å². The molecule has 7 nitrogen and oxygen atoms in total. The third-order valence-corrected chi connectivity index (χ3v) is 2.90. The molecule has 0 spiro atoms. The number of amides is 1. The fourth-order valence-corrected chi connectivity index (χ4v) is 1.81. The molecule has 3 N–H and O–H groups in total. The lowest BCUT2D eigenvalue weighted by molar-refractivity contribution is 0.0944. The van der Waals surface area contributed by atoms with Crippen LogP contribution in [0, 0.1) is 0 Å². The predicted octanol–water partition coefficient (Wildman–Crippen LogP) is 1.37. The first kappa shape index (κ1) is 12.9. The quantitative estimate of drug-likeness (QED) is 0.704. The first-order valence-corrected chi connectivity index (χ1v) is 6.31. The molecule has 1 aromatic carbocycles. The molecule has 0 fully saturated rings. The highest BCUT2D eigenvalue weighted by molar-refractivity contribution is 5.92. The maximum absolute atomic E-state index is 12.0. The number of carbonyl (C=O) groups excluding carboxylic acids is 1. The number of aromatic nitrogens is 3. The topological polar surface area (TPSA) is 99.0 Å². The van der Waals surface area contributed by atoms with Crippen LogP contribution < -0.4 is 11.1 Å². The van der Waals surface area contributed by atoms with Gasteiger partial charge in [0.25, 0.3) is 5.91 Å². The SMILES string of the molecule is Nc1ccc(-n2ccc(C(=O)NCc3ccon3)n2)cc1. The van der Waals surface area contributed by atoms with E-state index in [4.69, 9.17) is 10.3 Å². The summed E-state index contributed by atoms with van der Waals surface area (Å²) >= 11 is 0. The molecule has 2 heterocycles. The summed E-state index contributed by atoms with van der Waals surface area (Å²) in [4.78, 5) is 12.0. The van der Waals surface area contributed by atoms with Crippen LogP contribution in [0.3, 0.4) is 0 Å². The molecule has 2 aromatic heterocycles. The lowest BCUT2D eigenvalue weighted by atomic mass is 10.3. The predicted molar refractivity (Wildman–Crippen MR) is 75.6 cm³/mol. The van der Waals surface area contributed by atoms with E-state index in [-0.39, 0.29) is 5.91 Å². The molecule has 106 valence electrons.